The first-order valence-corrected chi connectivity index (χ1v) is 11.0. The molecule has 8 heteroatoms. The summed E-state index contributed by atoms with van der Waals surface area (Å²) in [5, 5.41) is 3.60. The van der Waals surface area contributed by atoms with Crippen molar-refractivity contribution < 1.29 is 14.0 Å². The second kappa shape index (κ2) is 8.41. The van der Waals surface area contributed by atoms with Crippen LogP contribution in [-0.4, -0.2) is 45.4 Å². The maximum absolute atomic E-state index is 13.4. The summed E-state index contributed by atoms with van der Waals surface area (Å²) < 4.78 is 5.56. The van der Waals surface area contributed by atoms with Crippen LogP contribution in [0.2, 0.25) is 5.02 Å². The van der Waals surface area contributed by atoms with Crippen molar-refractivity contribution in [2.45, 2.75) is 31.5 Å². The van der Waals surface area contributed by atoms with E-state index in [0.717, 1.165) is 25.1 Å². The van der Waals surface area contributed by atoms with Crippen LogP contribution in [0.25, 0.3) is 11.5 Å². The van der Waals surface area contributed by atoms with E-state index < -0.39 is 5.54 Å². The minimum Gasteiger partial charge on any atom is -0.444 e. The number of aromatic nitrogens is 1. The van der Waals surface area contributed by atoms with Gasteiger partial charge in [-0.1, -0.05) is 41.9 Å². The fourth-order valence-electron chi connectivity index (χ4n) is 4.48. The highest BCUT2D eigenvalue weighted by Crippen LogP contribution is 2.30. The van der Waals surface area contributed by atoms with Crippen molar-refractivity contribution in [2.24, 2.45) is 0 Å². The minimum absolute atomic E-state index is 0.0716. The quantitative estimate of drug-likeness (QED) is 0.592. The topological polar surface area (TPSA) is 78.7 Å². The van der Waals surface area contributed by atoms with E-state index in [1.807, 2.05) is 30.3 Å². The minimum atomic E-state index is -0.882. The van der Waals surface area contributed by atoms with Gasteiger partial charge in [0.25, 0.3) is 5.91 Å². The van der Waals surface area contributed by atoms with Gasteiger partial charge < -0.3 is 9.73 Å². The van der Waals surface area contributed by atoms with Gasteiger partial charge in [-0.25, -0.2) is 9.78 Å². The average molecular weight is 451 g/mol. The SMILES string of the molecule is O=C1NC2(CCCN(Cc3ccccc3)C2)C(=O)N1Cc1coc(-c2ccc(Cl)cc2)n1. The number of hydrogen-bond donors (Lipinski definition) is 1. The van der Waals surface area contributed by atoms with Gasteiger partial charge in [0.05, 0.1) is 12.2 Å². The number of benzene rings is 2. The summed E-state index contributed by atoms with van der Waals surface area (Å²) in [6, 6.07) is 16.9. The lowest BCUT2D eigenvalue weighted by Gasteiger charge is -2.38. The summed E-state index contributed by atoms with van der Waals surface area (Å²) in [7, 11) is 0. The molecular formula is C24H23ClN4O3. The molecule has 0 radical (unpaired) electrons. The van der Waals surface area contributed by atoms with Crippen LogP contribution in [0.3, 0.4) is 0 Å². The van der Waals surface area contributed by atoms with Gasteiger partial charge in [-0.3, -0.25) is 14.6 Å². The average Bonchev–Trinajstić information content (AvgIpc) is 3.34. The first-order valence-electron chi connectivity index (χ1n) is 10.6. The first kappa shape index (κ1) is 20.7. The van der Waals surface area contributed by atoms with Gasteiger partial charge in [0, 0.05) is 23.7 Å². The summed E-state index contributed by atoms with van der Waals surface area (Å²) in [6.07, 6.45) is 2.96. The van der Waals surface area contributed by atoms with Gasteiger partial charge in [0.15, 0.2) is 0 Å². The maximum atomic E-state index is 13.4. The highest BCUT2D eigenvalue weighted by atomic mass is 35.5. The van der Waals surface area contributed by atoms with Gasteiger partial charge in [0.2, 0.25) is 5.89 Å². The fraction of sp³-hybridized carbons (Fsp3) is 0.292. The second-order valence-electron chi connectivity index (χ2n) is 8.35. The molecule has 2 aromatic carbocycles. The number of oxazole rings is 1. The third-order valence-electron chi connectivity index (χ3n) is 6.03. The lowest BCUT2D eigenvalue weighted by molar-refractivity contribution is -0.133. The molecule has 1 unspecified atom stereocenters. The van der Waals surface area contributed by atoms with Gasteiger partial charge in [0.1, 0.15) is 11.8 Å². The number of piperidine rings is 1. The molecule has 3 amide bonds. The number of carbonyl (C=O) groups is 2. The number of hydrogen-bond acceptors (Lipinski definition) is 5. The van der Waals surface area contributed by atoms with Gasteiger partial charge in [-0.15, -0.1) is 0 Å². The molecule has 3 aromatic rings. The van der Waals surface area contributed by atoms with Gasteiger partial charge >= 0.3 is 6.03 Å². The molecule has 2 fully saturated rings. The Morgan fingerprint density at radius 2 is 1.84 bits per heavy atom. The largest absolute Gasteiger partial charge is 0.444 e. The van der Waals surface area contributed by atoms with E-state index in [9.17, 15) is 9.59 Å². The molecule has 3 heterocycles. The van der Waals surface area contributed by atoms with Crippen molar-refractivity contribution in [3.63, 3.8) is 0 Å². The van der Waals surface area contributed by atoms with E-state index in [2.05, 4.69) is 27.3 Å². The second-order valence-corrected chi connectivity index (χ2v) is 8.79. The molecule has 7 nitrogen and oxygen atoms in total. The zero-order valence-electron chi connectivity index (χ0n) is 17.5. The number of imide groups is 1. The Morgan fingerprint density at radius 1 is 1.06 bits per heavy atom. The van der Waals surface area contributed by atoms with Crippen LogP contribution in [0.4, 0.5) is 4.79 Å². The number of nitrogens with zero attached hydrogens (tertiary/aromatic N) is 3. The van der Waals surface area contributed by atoms with E-state index in [1.54, 1.807) is 12.1 Å². The molecule has 1 aromatic heterocycles. The number of urea groups is 1. The first-order chi connectivity index (χ1) is 15.5. The molecule has 1 atom stereocenters. The number of carbonyl (C=O) groups excluding carboxylic acids is 2. The van der Waals surface area contributed by atoms with Crippen LogP contribution < -0.4 is 5.32 Å². The molecule has 2 aliphatic heterocycles. The molecule has 0 saturated carbocycles. The van der Waals surface area contributed by atoms with E-state index in [1.165, 1.54) is 16.7 Å². The molecule has 0 aliphatic carbocycles. The highest BCUT2D eigenvalue weighted by Gasteiger charge is 2.53. The Bertz CT molecular complexity index is 1130. The van der Waals surface area contributed by atoms with Crippen molar-refractivity contribution in [3.05, 3.63) is 77.1 Å². The van der Waals surface area contributed by atoms with E-state index in [-0.39, 0.29) is 18.5 Å². The third kappa shape index (κ3) is 4.01. The van der Waals surface area contributed by atoms with Crippen molar-refractivity contribution in [1.29, 1.82) is 0 Å². The Hall–Kier alpha value is -3.16. The number of nitrogens with one attached hydrogen (secondary N) is 1. The van der Waals surface area contributed by atoms with Crippen molar-refractivity contribution in [3.8, 4) is 11.5 Å². The molecule has 0 bridgehead atoms. The van der Waals surface area contributed by atoms with Crippen molar-refractivity contribution in [2.75, 3.05) is 13.1 Å². The molecule has 32 heavy (non-hydrogen) atoms. The molecule has 1 spiro atoms. The van der Waals surface area contributed by atoms with E-state index in [0.29, 0.717) is 29.6 Å². The zero-order valence-corrected chi connectivity index (χ0v) is 18.2. The normalized spacial score (nSPS) is 21.3. The monoisotopic (exact) mass is 450 g/mol. The van der Waals surface area contributed by atoms with Crippen LogP contribution in [0.5, 0.6) is 0 Å². The number of halogens is 1. The molecule has 2 saturated heterocycles. The van der Waals surface area contributed by atoms with Crippen LogP contribution >= 0.6 is 11.6 Å². The molecule has 1 N–H and O–H groups in total. The Labute approximate surface area is 191 Å². The number of amides is 3. The van der Waals surface area contributed by atoms with Gasteiger partial charge in [-0.05, 0) is 49.2 Å². The Morgan fingerprint density at radius 3 is 2.62 bits per heavy atom. The standard InChI is InChI=1S/C24H23ClN4O3/c25-19-9-7-18(8-10-19)21-26-20(15-32-21)14-29-22(30)24(27-23(29)31)11-4-12-28(16-24)13-17-5-2-1-3-6-17/h1-3,5-10,15H,4,11-14,16H2,(H,27,31). The van der Waals surface area contributed by atoms with Crippen LogP contribution in [0.15, 0.2) is 65.3 Å². The maximum Gasteiger partial charge on any atom is 0.325 e. The van der Waals surface area contributed by atoms with Crippen LogP contribution in [-0.2, 0) is 17.9 Å². The lowest BCUT2D eigenvalue weighted by atomic mass is 9.88. The molecular weight excluding hydrogens is 428 g/mol. The highest BCUT2D eigenvalue weighted by molar-refractivity contribution is 6.30. The van der Waals surface area contributed by atoms with Gasteiger partial charge in [-0.2, -0.15) is 0 Å². The number of likely N-dealkylation sites (tertiary alicyclic amines) is 1. The van der Waals surface area contributed by atoms with Crippen LogP contribution in [0, 0.1) is 0 Å². The van der Waals surface area contributed by atoms with Crippen molar-refractivity contribution in [1.82, 2.24) is 20.1 Å². The lowest BCUT2D eigenvalue weighted by Crippen LogP contribution is -2.58. The van der Waals surface area contributed by atoms with Crippen molar-refractivity contribution >= 4 is 23.5 Å². The van der Waals surface area contributed by atoms with E-state index >= 15 is 0 Å². The predicted molar refractivity (Wildman–Crippen MR) is 120 cm³/mol. The fourth-order valence-corrected chi connectivity index (χ4v) is 4.61. The number of rotatable bonds is 5. The Balaban J connectivity index is 1.29. The summed E-state index contributed by atoms with van der Waals surface area (Å²) in [5.41, 5.74) is 1.61. The molecule has 5 rings (SSSR count). The Kier molecular flexibility index (Phi) is 5.45. The zero-order chi connectivity index (χ0) is 22.1. The van der Waals surface area contributed by atoms with Crippen LogP contribution in [0.1, 0.15) is 24.1 Å². The summed E-state index contributed by atoms with van der Waals surface area (Å²) in [4.78, 5) is 34.0. The summed E-state index contributed by atoms with van der Waals surface area (Å²) in [6.45, 7) is 2.22. The predicted octanol–water partition coefficient (Wildman–Crippen LogP) is 4.08. The third-order valence-corrected chi connectivity index (χ3v) is 6.28. The molecule has 2 aliphatic rings. The summed E-state index contributed by atoms with van der Waals surface area (Å²) in [5.74, 6) is 0.224. The molecule has 164 valence electrons. The smallest absolute Gasteiger partial charge is 0.325 e. The van der Waals surface area contributed by atoms with E-state index in [4.69, 9.17) is 16.0 Å². The summed E-state index contributed by atoms with van der Waals surface area (Å²) >= 11 is 5.93.